The number of rotatable bonds is 4. The van der Waals surface area contributed by atoms with E-state index in [1.807, 2.05) is 6.07 Å². The van der Waals surface area contributed by atoms with E-state index in [0.29, 0.717) is 12.7 Å². The maximum Gasteiger partial charge on any atom is 0.509 e. The summed E-state index contributed by atoms with van der Waals surface area (Å²) in [5.74, 6) is 1.03. The molecule has 27 heavy (non-hydrogen) atoms. The van der Waals surface area contributed by atoms with Crippen LogP contribution in [-0.4, -0.2) is 54.0 Å². The molecule has 0 unspecified atom stereocenters. The molecule has 0 bridgehead atoms. The molecule has 2 saturated heterocycles. The number of hydrogen-bond donors (Lipinski definition) is 1. The zero-order valence-electron chi connectivity index (χ0n) is 15.5. The number of benzene rings is 1. The molecule has 1 aliphatic carbocycles. The van der Waals surface area contributed by atoms with Crippen molar-refractivity contribution in [2.75, 3.05) is 19.7 Å². The predicted octanol–water partition coefficient (Wildman–Crippen LogP) is 3.21. The van der Waals surface area contributed by atoms with Gasteiger partial charge in [0, 0.05) is 38.0 Å². The topological polar surface area (TPSA) is 85.3 Å². The highest BCUT2D eigenvalue weighted by atomic mass is 16.8. The summed E-state index contributed by atoms with van der Waals surface area (Å²) in [6, 6.07) is 8.38. The van der Waals surface area contributed by atoms with Crippen molar-refractivity contribution in [3.63, 3.8) is 0 Å². The molecule has 2 heterocycles. The number of carbonyl (C=O) groups is 2. The highest BCUT2D eigenvalue weighted by Gasteiger charge is 2.44. The maximum absolute atomic E-state index is 11.2. The zero-order valence-corrected chi connectivity index (χ0v) is 15.5. The van der Waals surface area contributed by atoms with Gasteiger partial charge in [-0.15, -0.1) is 0 Å². The fourth-order valence-electron chi connectivity index (χ4n) is 3.97. The van der Waals surface area contributed by atoms with E-state index in [2.05, 4.69) is 23.1 Å². The van der Waals surface area contributed by atoms with E-state index in [-0.39, 0.29) is 12.1 Å². The van der Waals surface area contributed by atoms with Gasteiger partial charge in [-0.3, -0.25) is 9.69 Å². The van der Waals surface area contributed by atoms with E-state index >= 15 is 0 Å². The molecule has 4 rings (SSSR count). The van der Waals surface area contributed by atoms with Crippen LogP contribution in [-0.2, 0) is 20.8 Å². The van der Waals surface area contributed by atoms with Crippen LogP contribution in [0.5, 0.6) is 5.75 Å². The van der Waals surface area contributed by atoms with E-state index in [4.69, 9.17) is 24.1 Å². The third kappa shape index (κ3) is 5.13. The Morgan fingerprint density at radius 3 is 2.52 bits per heavy atom. The van der Waals surface area contributed by atoms with Crippen molar-refractivity contribution in [1.82, 2.24) is 4.90 Å². The van der Waals surface area contributed by atoms with E-state index in [0.717, 1.165) is 38.2 Å². The van der Waals surface area contributed by atoms with Gasteiger partial charge in [0.05, 0.1) is 6.10 Å². The van der Waals surface area contributed by atoms with Crippen LogP contribution in [0.15, 0.2) is 24.3 Å². The van der Waals surface area contributed by atoms with Crippen LogP contribution in [0, 0.1) is 0 Å². The lowest BCUT2D eigenvalue weighted by molar-refractivity contribution is -0.122. The second-order valence-electron chi connectivity index (χ2n) is 7.34. The summed E-state index contributed by atoms with van der Waals surface area (Å²) in [6.45, 7) is 2.86. The Morgan fingerprint density at radius 1 is 1.22 bits per heavy atom. The normalized spacial score (nSPS) is 21.9. The van der Waals surface area contributed by atoms with E-state index in [9.17, 15) is 4.79 Å². The van der Waals surface area contributed by atoms with Gasteiger partial charge in [0.1, 0.15) is 12.4 Å². The minimum absolute atomic E-state index is 0.250. The largest absolute Gasteiger partial charge is 0.509 e. The number of hydrogen-bond acceptors (Lipinski definition) is 6. The summed E-state index contributed by atoms with van der Waals surface area (Å²) in [4.78, 5) is 22.0. The van der Waals surface area contributed by atoms with Crippen molar-refractivity contribution >= 4 is 12.6 Å². The summed E-state index contributed by atoms with van der Waals surface area (Å²) in [5, 5.41) is 6.89. The number of likely N-dealkylation sites (tertiary alicyclic amines) is 1. The van der Waals surface area contributed by atoms with Gasteiger partial charge < -0.3 is 19.3 Å². The fraction of sp³-hybridized carbons (Fsp3) is 0.600. The lowest BCUT2D eigenvalue weighted by Gasteiger charge is -2.36. The summed E-state index contributed by atoms with van der Waals surface area (Å²) in [7, 11) is 0. The second-order valence-corrected chi connectivity index (χ2v) is 7.34. The number of carbonyl (C=O) groups excluding carboxylic acids is 1. The van der Waals surface area contributed by atoms with Crippen LogP contribution in [0.3, 0.4) is 0 Å². The monoisotopic (exact) mass is 377 g/mol. The number of piperidine rings is 1. The van der Waals surface area contributed by atoms with Crippen LogP contribution < -0.4 is 4.74 Å². The fourth-order valence-corrected chi connectivity index (χ4v) is 3.97. The van der Waals surface area contributed by atoms with Gasteiger partial charge >= 0.3 is 6.16 Å². The van der Waals surface area contributed by atoms with Gasteiger partial charge in [0.15, 0.2) is 5.60 Å². The second kappa shape index (κ2) is 9.08. The molecule has 7 nitrogen and oxygen atoms in total. The Labute approximate surface area is 159 Å². The number of nitrogens with zero attached hydrogens (tertiary/aromatic N) is 1. The van der Waals surface area contributed by atoms with E-state index in [1.54, 1.807) is 0 Å². The molecule has 2 aliphatic heterocycles. The minimum atomic E-state index is -0.515. The Morgan fingerprint density at radius 2 is 1.89 bits per heavy atom. The molecular weight excluding hydrogens is 350 g/mol. The van der Waals surface area contributed by atoms with Crippen molar-refractivity contribution in [1.29, 1.82) is 0 Å². The Kier molecular flexibility index (Phi) is 6.55. The molecule has 0 amide bonds. The SMILES string of the molecule is O=C1OCC2(CCN(Cc3ccccc3OC3CCCC3)CC2)O1.O=CO. The molecule has 0 radical (unpaired) electrons. The number of para-hydroxylation sites is 1. The van der Waals surface area contributed by atoms with E-state index < -0.39 is 6.16 Å². The molecule has 1 aromatic rings. The first-order valence-electron chi connectivity index (χ1n) is 9.55. The molecule has 0 atom stereocenters. The molecule has 148 valence electrons. The summed E-state index contributed by atoms with van der Waals surface area (Å²) >= 11 is 0. The quantitative estimate of drug-likeness (QED) is 0.637. The molecule has 1 N–H and O–H groups in total. The molecule has 1 spiro atoms. The van der Waals surface area contributed by atoms with Crippen molar-refractivity contribution in [2.45, 2.75) is 56.8 Å². The smallest absolute Gasteiger partial charge is 0.490 e. The number of cyclic esters (lactones) is 1. The standard InChI is InChI=1S/C19H25NO4.CH2O2/c21-18-22-14-19(24-18)9-11-20(12-10-19)13-15-5-1-4-8-17(15)23-16-6-2-3-7-16;2-1-3/h1,4-5,8,16H,2-3,6-7,9-14H2;1H,(H,2,3). The van der Waals surface area contributed by atoms with Crippen LogP contribution in [0.4, 0.5) is 4.79 Å². The van der Waals surface area contributed by atoms with Crippen LogP contribution in [0.2, 0.25) is 0 Å². The summed E-state index contributed by atoms with van der Waals surface area (Å²) in [6.07, 6.45) is 6.45. The Hall–Kier alpha value is -2.28. The molecule has 1 saturated carbocycles. The van der Waals surface area contributed by atoms with Crippen molar-refractivity contribution < 1.29 is 28.9 Å². The van der Waals surface area contributed by atoms with Gasteiger partial charge in [-0.2, -0.15) is 0 Å². The maximum atomic E-state index is 11.2. The lowest BCUT2D eigenvalue weighted by atomic mass is 9.92. The molecule has 3 aliphatic rings. The van der Waals surface area contributed by atoms with E-state index in [1.165, 1.54) is 31.2 Å². The first-order valence-corrected chi connectivity index (χ1v) is 9.55. The molecular formula is C20H27NO6. The zero-order chi connectivity index (χ0) is 19.1. The Bertz CT molecular complexity index is 635. The average molecular weight is 377 g/mol. The summed E-state index contributed by atoms with van der Waals surface area (Å²) in [5.41, 5.74) is 0.869. The number of ether oxygens (including phenoxy) is 3. The van der Waals surface area contributed by atoms with Crippen LogP contribution in [0.1, 0.15) is 44.1 Å². The lowest BCUT2D eigenvalue weighted by Crippen LogP contribution is -2.45. The van der Waals surface area contributed by atoms with Gasteiger partial charge in [-0.05, 0) is 31.7 Å². The molecule has 1 aromatic carbocycles. The van der Waals surface area contributed by atoms with Crippen molar-refractivity contribution in [3.05, 3.63) is 29.8 Å². The van der Waals surface area contributed by atoms with Gasteiger partial charge in [-0.1, -0.05) is 18.2 Å². The van der Waals surface area contributed by atoms with Crippen LogP contribution >= 0.6 is 0 Å². The minimum Gasteiger partial charge on any atom is -0.490 e. The third-order valence-electron chi connectivity index (χ3n) is 5.48. The average Bonchev–Trinajstić information content (AvgIpc) is 3.30. The van der Waals surface area contributed by atoms with Gasteiger partial charge in [-0.25, -0.2) is 4.79 Å². The third-order valence-corrected chi connectivity index (χ3v) is 5.48. The number of carboxylic acid groups (broad SMARTS) is 1. The molecule has 7 heteroatoms. The van der Waals surface area contributed by atoms with Gasteiger partial charge in [0.25, 0.3) is 6.47 Å². The first-order chi connectivity index (χ1) is 13.1. The van der Waals surface area contributed by atoms with Crippen molar-refractivity contribution in [2.24, 2.45) is 0 Å². The van der Waals surface area contributed by atoms with Gasteiger partial charge in [0.2, 0.25) is 0 Å². The Balaban J connectivity index is 0.000000659. The van der Waals surface area contributed by atoms with Crippen LogP contribution in [0.25, 0.3) is 0 Å². The highest BCUT2D eigenvalue weighted by molar-refractivity contribution is 5.62. The molecule has 3 fully saturated rings. The first kappa shape index (κ1) is 19.5. The predicted molar refractivity (Wildman–Crippen MR) is 97.7 cm³/mol. The highest BCUT2D eigenvalue weighted by Crippen LogP contribution is 2.33. The van der Waals surface area contributed by atoms with Crippen molar-refractivity contribution in [3.8, 4) is 5.75 Å². The summed E-state index contributed by atoms with van der Waals surface area (Å²) < 4.78 is 16.6. The molecule has 0 aromatic heterocycles.